The second kappa shape index (κ2) is 9.70. The van der Waals surface area contributed by atoms with Crippen molar-refractivity contribution in [3.8, 4) is 0 Å². The number of amides is 1. The van der Waals surface area contributed by atoms with Gasteiger partial charge in [-0.25, -0.2) is 15.0 Å². The molecule has 0 saturated heterocycles. The molecule has 0 bridgehead atoms. The largest absolute Gasteiger partial charge is 0.389 e. The zero-order valence-corrected chi connectivity index (χ0v) is 19.9. The predicted molar refractivity (Wildman–Crippen MR) is 130 cm³/mol. The first-order chi connectivity index (χ1) is 16.2. The Labute approximate surface area is 200 Å². The highest BCUT2D eigenvalue weighted by Gasteiger charge is 2.16. The number of thiazole rings is 1. The first kappa shape index (κ1) is 23.5. The van der Waals surface area contributed by atoms with Crippen LogP contribution in [0.5, 0.6) is 0 Å². The second-order valence-corrected chi connectivity index (χ2v) is 9.39. The molecule has 0 unspecified atom stereocenters. The molecule has 1 amide bonds. The highest BCUT2D eigenvalue weighted by molar-refractivity contribution is 7.14. The molecule has 0 atom stereocenters. The molecule has 8 nitrogen and oxygen atoms in total. The minimum absolute atomic E-state index is 0.300. The Hall–Kier alpha value is -3.63. The zero-order valence-electron chi connectivity index (χ0n) is 19.1. The van der Waals surface area contributed by atoms with E-state index in [1.807, 2.05) is 29.0 Å². The number of nitrogens with zero attached hydrogens (tertiary/aromatic N) is 5. The molecule has 4 heterocycles. The Morgan fingerprint density at radius 2 is 2.09 bits per heavy atom. The smallest absolute Gasteiger partial charge is 0.274 e. The summed E-state index contributed by atoms with van der Waals surface area (Å²) in [6, 6.07) is 6.52. The van der Waals surface area contributed by atoms with Crippen LogP contribution >= 0.6 is 11.3 Å². The SMILES string of the molecule is Cc1c(C=Cc2csc(NC(=O)c3cccn3Cc3ccnc(F)c3)n2)ncn1CC(C)(C)O. The molecule has 4 rings (SSSR count). The van der Waals surface area contributed by atoms with E-state index in [0.29, 0.717) is 35.2 Å². The highest BCUT2D eigenvalue weighted by atomic mass is 32.1. The molecule has 2 N–H and O–H groups in total. The number of rotatable bonds is 8. The molecule has 10 heteroatoms. The molecule has 4 aromatic rings. The minimum atomic E-state index is -0.831. The summed E-state index contributed by atoms with van der Waals surface area (Å²) in [7, 11) is 0. The number of hydrogen-bond acceptors (Lipinski definition) is 6. The Morgan fingerprint density at radius 3 is 2.85 bits per heavy atom. The van der Waals surface area contributed by atoms with Crippen LogP contribution in [0.25, 0.3) is 12.2 Å². The van der Waals surface area contributed by atoms with E-state index in [4.69, 9.17) is 0 Å². The van der Waals surface area contributed by atoms with Gasteiger partial charge in [-0.3, -0.25) is 10.1 Å². The normalized spacial score (nSPS) is 11.9. The Kier molecular flexibility index (Phi) is 6.71. The van der Waals surface area contributed by atoms with E-state index in [2.05, 4.69) is 20.3 Å². The van der Waals surface area contributed by atoms with Crippen molar-refractivity contribution in [3.63, 3.8) is 0 Å². The van der Waals surface area contributed by atoms with Crippen molar-refractivity contribution in [1.29, 1.82) is 0 Å². The zero-order chi connectivity index (χ0) is 24.3. The number of carbonyl (C=O) groups is 1. The number of halogens is 1. The average molecular weight is 481 g/mol. The maximum atomic E-state index is 13.4. The van der Waals surface area contributed by atoms with Crippen LogP contribution in [0.15, 0.2) is 48.4 Å². The van der Waals surface area contributed by atoms with Crippen LogP contribution < -0.4 is 5.32 Å². The molecule has 4 aromatic heterocycles. The summed E-state index contributed by atoms with van der Waals surface area (Å²) in [5.41, 5.74) is 2.74. The third kappa shape index (κ3) is 5.83. The fourth-order valence-corrected chi connectivity index (χ4v) is 4.11. The van der Waals surface area contributed by atoms with E-state index in [0.717, 1.165) is 11.4 Å². The van der Waals surface area contributed by atoms with Gasteiger partial charge >= 0.3 is 0 Å². The van der Waals surface area contributed by atoms with E-state index in [1.165, 1.54) is 23.6 Å². The lowest BCUT2D eigenvalue weighted by Crippen LogP contribution is -2.26. The van der Waals surface area contributed by atoms with Crippen molar-refractivity contribution in [2.24, 2.45) is 0 Å². The summed E-state index contributed by atoms with van der Waals surface area (Å²) in [5, 5.41) is 15.2. The summed E-state index contributed by atoms with van der Waals surface area (Å²) >= 11 is 1.32. The summed E-state index contributed by atoms with van der Waals surface area (Å²) in [6.45, 7) is 6.25. The number of aromatic nitrogens is 5. The van der Waals surface area contributed by atoms with E-state index >= 15 is 0 Å². The summed E-state index contributed by atoms with van der Waals surface area (Å²) in [6.07, 6.45) is 8.56. The Bertz CT molecular complexity index is 1330. The molecule has 0 spiro atoms. The maximum Gasteiger partial charge on any atom is 0.274 e. The van der Waals surface area contributed by atoms with Crippen LogP contribution in [0.2, 0.25) is 0 Å². The molecular weight excluding hydrogens is 455 g/mol. The third-order valence-electron chi connectivity index (χ3n) is 5.06. The van der Waals surface area contributed by atoms with Gasteiger partial charge in [-0.05, 0) is 62.8 Å². The molecule has 0 aromatic carbocycles. The fourth-order valence-electron chi connectivity index (χ4n) is 3.44. The molecule has 0 saturated carbocycles. The monoisotopic (exact) mass is 480 g/mol. The topological polar surface area (TPSA) is 97.9 Å². The number of pyridine rings is 1. The lowest BCUT2D eigenvalue weighted by atomic mass is 10.1. The molecule has 0 fully saturated rings. The first-order valence-electron chi connectivity index (χ1n) is 10.6. The van der Waals surface area contributed by atoms with Crippen LogP contribution in [-0.4, -0.2) is 40.7 Å². The summed E-state index contributed by atoms with van der Waals surface area (Å²) in [5.74, 6) is -0.858. The van der Waals surface area contributed by atoms with Gasteiger partial charge < -0.3 is 14.2 Å². The van der Waals surface area contributed by atoms with Gasteiger partial charge in [0.05, 0.1) is 29.9 Å². The van der Waals surface area contributed by atoms with Crippen molar-refractivity contribution in [1.82, 2.24) is 24.1 Å². The van der Waals surface area contributed by atoms with Crippen LogP contribution in [0.3, 0.4) is 0 Å². The lowest BCUT2D eigenvalue weighted by Gasteiger charge is -2.18. The van der Waals surface area contributed by atoms with Crippen LogP contribution in [0.4, 0.5) is 9.52 Å². The molecule has 0 radical (unpaired) electrons. The standard InChI is InChI=1S/C24H25FN6O2S/c1-16-19(27-15-31(16)14-24(2,3)33)7-6-18-13-34-23(28-18)29-22(32)20-5-4-10-30(20)12-17-8-9-26-21(25)11-17/h4-11,13,15,33H,12,14H2,1-3H3,(H,28,29,32). The fraction of sp³-hybridized carbons (Fsp3) is 0.250. The molecule has 0 aliphatic heterocycles. The lowest BCUT2D eigenvalue weighted by molar-refractivity contribution is 0.0609. The Balaban J connectivity index is 1.41. The van der Waals surface area contributed by atoms with Crippen LogP contribution in [-0.2, 0) is 13.1 Å². The van der Waals surface area contributed by atoms with E-state index in [9.17, 15) is 14.3 Å². The average Bonchev–Trinajstić information content (AvgIpc) is 3.48. The quantitative estimate of drug-likeness (QED) is 0.368. The van der Waals surface area contributed by atoms with Crippen molar-refractivity contribution < 1.29 is 14.3 Å². The van der Waals surface area contributed by atoms with E-state index < -0.39 is 11.5 Å². The minimum Gasteiger partial charge on any atom is -0.389 e. The van der Waals surface area contributed by atoms with Gasteiger partial charge in [0.15, 0.2) is 5.13 Å². The van der Waals surface area contributed by atoms with Gasteiger partial charge in [0.2, 0.25) is 5.95 Å². The van der Waals surface area contributed by atoms with Crippen molar-refractivity contribution in [3.05, 3.63) is 82.7 Å². The third-order valence-corrected chi connectivity index (χ3v) is 5.83. The molecule has 0 aliphatic carbocycles. The van der Waals surface area contributed by atoms with E-state index in [-0.39, 0.29) is 5.91 Å². The number of imidazole rings is 1. The van der Waals surface area contributed by atoms with Gasteiger partial charge in [-0.1, -0.05) is 0 Å². The molecule has 34 heavy (non-hydrogen) atoms. The van der Waals surface area contributed by atoms with E-state index in [1.54, 1.807) is 49.1 Å². The summed E-state index contributed by atoms with van der Waals surface area (Å²) < 4.78 is 17.0. The van der Waals surface area contributed by atoms with Crippen molar-refractivity contribution in [2.75, 3.05) is 5.32 Å². The van der Waals surface area contributed by atoms with Crippen LogP contribution in [0.1, 0.15) is 47.0 Å². The van der Waals surface area contributed by atoms with Gasteiger partial charge in [-0.15, -0.1) is 11.3 Å². The summed E-state index contributed by atoms with van der Waals surface area (Å²) in [4.78, 5) is 25.2. The van der Waals surface area contributed by atoms with Gasteiger partial charge in [0.1, 0.15) is 5.69 Å². The molecular formula is C24H25FN6O2S. The number of nitrogens with one attached hydrogen (secondary N) is 1. The molecule has 0 aliphatic rings. The number of hydrogen-bond donors (Lipinski definition) is 2. The van der Waals surface area contributed by atoms with Gasteiger partial charge in [0.25, 0.3) is 5.91 Å². The van der Waals surface area contributed by atoms with Crippen molar-refractivity contribution >= 4 is 34.5 Å². The van der Waals surface area contributed by atoms with Crippen molar-refractivity contribution in [2.45, 2.75) is 39.5 Å². The van der Waals surface area contributed by atoms with Gasteiger partial charge in [-0.2, -0.15) is 4.39 Å². The second-order valence-electron chi connectivity index (χ2n) is 8.53. The number of carbonyl (C=O) groups excluding carboxylic acids is 1. The Morgan fingerprint density at radius 1 is 1.26 bits per heavy atom. The maximum absolute atomic E-state index is 13.4. The van der Waals surface area contributed by atoms with Gasteiger partial charge in [0, 0.05) is 30.0 Å². The predicted octanol–water partition coefficient (Wildman–Crippen LogP) is 4.23. The first-order valence-corrected chi connectivity index (χ1v) is 11.5. The van der Waals surface area contributed by atoms with Crippen LogP contribution in [0, 0.1) is 12.9 Å². The molecule has 176 valence electrons. The number of anilines is 1. The number of aliphatic hydroxyl groups is 1. The highest BCUT2D eigenvalue weighted by Crippen LogP contribution is 2.20.